The highest BCUT2D eigenvalue weighted by Gasteiger charge is 2.25. The van der Waals surface area contributed by atoms with Crippen molar-refractivity contribution in [2.24, 2.45) is 0 Å². The van der Waals surface area contributed by atoms with Crippen molar-refractivity contribution in [2.75, 3.05) is 5.32 Å². The summed E-state index contributed by atoms with van der Waals surface area (Å²) in [6, 6.07) is 29.6. The van der Waals surface area contributed by atoms with E-state index in [0.29, 0.717) is 16.5 Å². The van der Waals surface area contributed by atoms with Crippen LogP contribution in [0.1, 0.15) is 11.1 Å². The number of nitrogens with one attached hydrogen (secondary N) is 1. The molecule has 3 aromatic carbocycles. The van der Waals surface area contributed by atoms with Gasteiger partial charge in [0.05, 0.1) is 10.7 Å². The molecule has 1 aromatic heterocycles. The van der Waals surface area contributed by atoms with E-state index >= 15 is 0 Å². The van der Waals surface area contributed by atoms with Gasteiger partial charge in [-0.05, 0) is 35.4 Å². The fourth-order valence-corrected chi connectivity index (χ4v) is 4.80. The van der Waals surface area contributed by atoms with E-state index in [1.54, 1.807) is 18.2 Å². The lowest BCUT2D eigenvalue weighted by molar-refractivity contribution is 0.401. The fraction of sp³-hybridized carbons (Fsp3) is 0.0800. The standard InChI is InChI=1S/C25H22ClN3O2S/c26-23-13-7-8-14-24(23)28-25-16-15-22(17-27-25)32(30,31)29(18-20-9-3-1-4-10-20)19-21-11-5-2-6-12-21/h1-17H,18-19H2,(H,27,28). The first-order valence-electron chi connectivity index (χ1n) is 10.1. The van der Waals surface area contributed by atoms with Crippen LogP contribution in [0.25, 0.3) is 0 Å². The molecular weight excluding hydrogens is 442 g/mol. The third-order valence-corrected chi connectivity index (χ3v) is 7.02. The average Bonchev–Trinajstić information content (AvgIpc) is 2.82. The van der Waals surface area contributed by atoms with Crippen molar-refractivity contribution in [3.05, 3.63) is 119 Å². The molecule has 7 heteroatoms. The van der Waals surface area contributed by atoms with Crippen LogP contribution in [-0.2, 0) is 23.1 Å². The highest BCUT2D eigenvalue weighted by molar-refractivity contribution is 7.89. The fourth-order valence-electron chi connectivity index (χ4n) is 3.26. The predicted molar refractivity (Wildman–Crippen MR) is 128 cm³/mol. The van der Waals surface area contributed by atoms with Crippen molar-refractivity contribution in [3.63, 3.8) is 0 Å². The summed E-state index contributed by atoms with van der Waals surface area (Å²) in [7, 11) is -3.78. The Labute approximate surface area is 193 Å². The number of anilines is 2. The van der Waals surface area contributed by atoms with Gasteiger partial charge in [0.1, 0.15) is 10.7 Å². The van der Waals surface area contributed by atoms with Gasteiger partial charge in [0.25, 0.3) is 0 Å². The summed E-state index contributed by atoms with van der Waals surface area (Å²) in [5.41, 5.74) is 2.53. The Bertz CT molecular complexity index is 1220. The molecule has 0 saturated carbocycles. The van der Waals surface area contributed by atoms with Crippen LogP contribution in [-0.4, -0.2) is 17.7 Å². The third kappa shape index (κ3) is 5.34. The van der Waals surface area contributed by atoms with E-state index in [1.807, 2.05) is 78.9 Å². The molecule has 0 unspecified atom stereocenters. The molecule has 0 atom stereocenters. The van der Waals surface area contributed by atoms with Crippen LogP contribution in [0.2, 0.25) is 5.02 Å². The Balaban J connectivity index is 1.60. The molecule has 0 spiro atoms. The first-order chi connectivity index (χ1) is 15.5. The van der Waals surface area contributed by atoms with Gasteiger partial charge in [-0.1, -0.05) is 84.4 Å². The number of pyridine rings is 1. The second-order valence-electron chi connectivity index (χ2n) is 7.23. The molecule has 162 valence electrons. The summed E-state index contributed by atoms with van der Waals surface area (Å²) in [4.78, 5) is 4.44. The van der Waals surface area contributed by atoms with Crippen LogP contribution < -0.4 is 5.32 Å². The normalized spacial score (nSPS) is 11.4. The third-order valence-electron chi connectivity index (χ3n) is 4.91. The number of hydrogen-bond donors (Lipinski definition) is 1. The number of nitrogens with zero attached hydrogens (tertiary/aromatic N) is 2. The molecule has 0 amide bonds. The molecule has 0 aliphatic heterocycles. The van der Waals surface area contributed by atoms with Gasteiger partial charge in [-0.25, -0.2) is 13.4 Å². The number of rotatable bonds is 8. The minimum Gasteiger partial charge on any atom is -0.339 e. The molecule has 0 saturated heterocycles. The van der Waals surface area contributed by atoms with Crippen LogP contribution in [0, 0.1) is 0 Å². The number of sulfonamides is 1. The molecule has 1 N–H and O–H groups in total. The lowest BCUT2D eigenvalue weighted by atomic mass is 10.2. The van der Waals surface area contributed by atoms with Crippen LogP contribution in [0.3, 0.4) is 0 Å². The SMILES string of the molecule is O=S(=O)(c1ccc(Nc2ccccc2Cl)nc1)N(Cc1ccccc1)Cc1ccccc1. The van der Waals surface area contributed by atoms with Crippen molar-refractivity contribution in [1.29, 1.82) is 0 Å². The largest absolute Gasteiger partial charge is 0.339 e. The zero-order valence-electron chi connectivity index (χ0n) is 17.2. The quantitative estimate of drug-likeness (QED) is 0.355. The monoisotopic (exact) mass is 463 g/mol. The Kier molecular flexibility index (Phi) is 6.85. The van der Waals surface area contributed by atoms with Crippen molar-refractivity contribution >= 4 is 33.1 Å². The first kappa shape index (κ1) is 22.0. The molecule has 0 aliphatic carbocycles. The van der Waals surface area contributed by atoms with Crippen LogP contribution in [0.5, 0.6) is 0 Å². The van der Waals surface area contributed by atoms with Crippen LogP contribution in [0.4, 0.5) is 11.5 Å². The number of hydrogen-bond acceptors (Lipinski definition) is 4. The van der Waals surface area contributed by atoms with E-state index in [1.165, 1.54) is 10.5 Å². The number of para-hydroxylation sites is 1. The maximum atomic E-state index is 13.5. The summed E-state index contributed by atoms with van der Waals surface area (Å²) < 4.78 is 28.5. The van der Waals surface area contributed by atoms with E-state index in [0.717, 1.165) is 11.1 Å². The highest BCUT2D eigenvalue weighted by Crippen LogP contribution is 2.25. The Morgan fingerprint density at radius 2 is 1.31 bits per heavy atom. The van der Waals surface area contributed by atoms with Crippen molar-refractivity contribution in [1.82, 2.24) is 9.29 Å². The van der Waals surface area contributed by atoms with Gasteiger partial charge in [0.15, 0.2) is 0 Å². The van der Waals surface area contributed by atoms with Gasteiger partial charge in [-0.3, -0.25) is 0 Å². The number of halogens is 1. The number of benzene rings is 3. The Morgan fingerprint density at radius 1 is 0.750 bits per heavy atom. The first-order valence-corrected chi connectivity index (χ1v) is 11.9. The molecule has 0 fully saturated rings. The molecule has 4 aromatic rings. The van der Waals surface area contributed by atoms with E-state index in [4.69, 9.17) is 11.6 Å². The van der Waals surface area contributed by atoms with Gasteiger partial charge >= 0.3 is 0 Å². The van der Waals surface area contributed by atoms with Crippen molar-refractivity contribution in [3.8, 4) is 0 Å². The van der Waals surface area contributed by atoms with Gasteiger partial charge in [-0.2, -0.15) is 4.31 Å². The smallest absolute Gasteiger partial charge is 0.245 e. The van der Waals surface area contributed by atoms with Gasteiger partial charge in [0.2, 0.25) is 10.0 Å². The molecule has 1 heterocycles. The molecule has 4 rings (SSSR count). The number of aromatic nitrogens is 1. The molecule has 0 bridgehead atoms. The zero-order valence-corrected chi connectivity index (χ0v) is 18.8. The average molecular weight is 464 g/mol. The highest BCUT2D eigenvalue weighted by atomic mass is 35.5. The Morgan fingerprint density at radius 3 is 1.84 bits per heavy atom. The van der Waals surface area contributed by atoms with E-state index in [-0.39, 0.29) is 18.0 Å². The van der Waals surface area contributed by atoms with Gasteiger partial charge < -0.3 is 5.32 Å². The van der Waals surface area contributed by atoms with Crippen LogP contribution in [0.15, 0.2) is 108 Å². The predicted octanol–water partition coefficient (Wildman–Crippen LogP) is 5.87. The van der Waals surface area contributed by atoms with Gasteiger partial charge in [0, 0.05) is 19.3 Å². The molecule has 32 heavy (non-hydrogen) atoms. The topological polar surface area (TPSA) is 62.3 Å². The maximum Gasteiger partial charge on any atom is 0.245 e. The minimum atomic E-state index is -3.78. The van der Waals surface area contributed by atoms with Crippen LogP contribution >= 0.6 is 11.6 Å². The molecule has 5 nitrogen and oxygen atoms in total. The second kappa shape index (κ2) is 9.96. The van der Waals surface area contributed by atoms with Crippen molar-refractivity contribution < 1.29 is 8.42 Å². The lowest BCUT2D eigenvalue weighted by Crippen LogP contribution is -2.30. The summed E-state index contributed by atoms with van der Waals surface area (Å²) >= 11 is 6.18. The molecule has 0 radical (unpaired) electrons. The minimum absolute atomic E-state index is 0.133. The van der Waals surface area contributed by atoms with E-state index in [2.05, 4.69) is 10.3 Å². The summed E-state index contributed by atoms with van der Waals surface area (Å²) in [6.45, 7) is 0.523. The van der Waals surface area contributed by atoms with E-state index < -0.39 is 10.0 Å². The zero-order chi connectivity index (χ0) is 22.4. The van der Waals surface area contributed by atoms with Crippen molar-refractivity contribution in [2.45, 2.75) is 18.0 Å². The summed E-state index contributed by atoms with van der Waals surface area (Å²) in [6.07, 6.45) is 1.37. The maximum absolute atomic E-state index is 13.5. The summed E-state index contributed by atoms with van der Waals surface area (Å²) in [5.74, 6) is 0.509. The second-order valence-corrected chi connectivity index (χ2v) is 9.57. The van der Waals surface area contributed by atoms with E-state index in [9.17, 15) is 8.42 Å². The lowest BCUT2D eigenvalue weighted by Gasteiger charge is -2.22. The Hall–Kier alpha value is -3.19. The molecule has 0 aliphatic rings. The van der Waals surface area contributed by atoms with Gasteiger partial charge in [-0.15, -0.1) is 0 Å². The molecular formula is C25H22ClN3O2S. The summed E-state index contributed by atoms with van der Waals surface area (Å²) in [5, 5.41) is 3.67.